The van der Waals surface area contributed by atoms with Crippen molar-refractivity contribution in [3.05, 3.63) is 121 Å². The molecule has 2 aromatic carbocycles. The fourth-order valence-electron chi connectivity index (χ4n) is 5.66. The normalized spacial score (nSPS) is 14.9. The van der Waals surface area contributed by atoms with Gasteiger partial charge in [0.2, 0.25) is 5.88 Å². The highest BCUT2D eigenvalue weighted by atomic mass is 19.4. The average molecular weight is 627 g/mol. The summed E-state index contributed by atoms with van der Waals surface area (Å²) in [5, 5.41) is 0. The molecule has 0 aliphatic carbocycles. The van der Waals surface area contributed by atoms with Gasteiger partial charge in [-0.05, 0) is 30.2 Å². The summed E-state index contributed by atoms with van der Waals surface area (Å²) in [6, 6.07) is 14.5. The van der Waals surface area contributed by atoms with Gasteiger partial charge in [0.1, 0.15) is 11.5 Å². The zero-order valence-corrected chi connectivity index (χ0v) is 24.9. The van der Waals surface area contributed by atoms with Crippen molar-refractivity contribution in [1.82, 2.24) is 19.0 Å². The number of aromatic nitrogens is 3. The van der Waals surface area contributed by atoms with Crippen LogP contribution in [-0.2, 0) is 25.8 Å². The van der Waals surface area contributed by atoms with Crippen molar-refractivity contribution in [2.24, 2.45) is 5.73 Å². The maximum atomic E-state index is 14.9. The molecule has 0 bridgehead atoms. The SMILES string of the molecule is COc1ccc(CN2CCN(c3c(C)n(Cc4c(F)cccc4C(F)(F)F)c(=O)n(C[C@@H](N)c4ccccc4)c3=O)CC2)cn1. The van der Waals surface area contributed by atoms with Crippen molar-refractivity contribution in [3.8, 4) is 5.88 Å². The molecule has 0 amide bonds. The monoisotopic (exact) mass is 626 g/mol. The highest BCUT2D eigenvalue weighted by molar-refractivity contribution is 5.50. The molecule has 0 unspecified atom stereocenters. The van der Waals surface area contributed by atoms with Gasteiger partial charge in [-0.2, -0.15) is 13.2 Å². The lowest BCUT2D eigenvalue weighted by Crippen LogP contribution is -2.51. The van der Waals surface area contributed by atoms with E-state index in [1.807, 2.05) is 11.0 Å². The quantitative estimate of drug-likeness (QED) is 0.281. The van der Waals surface area contributed by atoms with E-state index >= 15 is 0 Å². The van der Waals surface area contributed by atoms with E-state index in [0.717, 1.165) is 32.9 Å². The Bertz CT molecular complexity index is 1750. The summed E-state index contributed by atoms with van der Waals surface area (Å²) in [5.41, 5.74) is 5.05. The van der Waals surface area contributed by atoms with Gasteiger partial charge in [0.25, 0.3) is 5.56 Å². The van der Waals surface area contributed by atoms with E-state index in [4.69, 9.17) is 10.5 Å². The molecule has 4 aromatic rings. The van der Waals surface area contributed by atoms with Gasteiger partial charge in [-0.1, -0.05) is 42.5 Å². The third-order valence-electron chi connectivity index (χ3n) is 8.11. The molecule has 2 aromatic heterocycles. The van der Waals surface area contributed by atoms with E-state index in [1.54, 1.807) is 49.7 Å². The number of anilines is 1. The first-order chi connectivity index (χ1) is 21.5. The summed E-state index contributed by atoms with van der Waals surface area (Å²) in [6.07, 6.45) is -3.12. The molecule has 0 spiro atoms. The van der Waals surface area contributed by atoms with Gasteiger partial charge in [-0.25, -0.2) is 14.2 Å². The highest BCUT2D eigenvalue weighted by Crippen LogP contribution is 2.33. The molecule has 5 rings (SSSR count). The molecule has 3 heterocycles. The topological polar surface area (TPSA) is 98.6 Å². The molecule has 1 aliphatic heterocycles. The summed E-state index contributed by atoms with van der Waals surface area (Å²) in [4.78, 5) is 36.0. The largest absolute Gasteiger partial charge is 0.481 e. The van der Waals surface area contributed by atoms with Crippen LogP contribution >= 0.6 is 0 Å². The van der Waals surface area contributed by atoms with Crippen LogP contribution in [0.1, 0.15) is 34.0 Å². The Morgan fingerprint density at radius 2 is 1.64 bits per heavy atom. The standard InChI is InChI=1S/C32H34F4N6O3/c1-21-29(40-15-13-39(14-16-40)18-22-11-12-28(45-2)38-17-22)30(43)42(20-27(37)23-7-4-3-5-8-23)31(44)41(21)19-24-25(32(34,35)36)9-6-10-26(24)33/h3-12,17,27H,13-16,18-20,37H2,1-2H3/t27-/m1/s1. The molecule has 9 nitrogen and oxygen atoms in total. The van der Waals surface area contributed by atoms with Crippen molar-refractivity contribution < 1.29 is 22.3 Å². The lowest BCUT2D eigenvalue weighted by atomic mass is 10.1. The van der Waals surface area contributed by atoms with Crippen LogP contribution in [0.5, 0.6) is 5.88 Å². The minimum atomic E-state index is -4.85. The molecule has 0 radical (unpaired) electrons. The van der Waals surface area contributed by atoms with Gasteiger partial charge < -0.3 is 15.4 Å². The van der Waals surface area contributed by atoms with Crippen molar-refractivity contribution in [2.45, 2.75) is 38.8 Å². The van der Waals surface area contributed by atoms with Crippen LogP contribution in [0, 0.1) is 12.7 Å². The number of methoxy groups -OCH3 is 1. The zero-order valence-electron chi connectivity index (χ0n) is 24.9. The van der Waals surface area contributed by atoms with E-state index in [2.05, 4.69) is 9.88 Å². The molecular weight excluding hydrogens is 592 g/mol. The number of rotatable bonds is 9. The second-order valence-corrected chi connectivity index (χ2v) is 11.0. The van der Waals surface area contributed by atoms with E-state index in [-0.39, 0.29) is 17.9 Å². The van der Waals surface area contributed by atoms with Gasteiger partial charge in [-0.3, -0.25) is 18.8 Å². The Balaban J connectivity index is 1.51. The van der Waals surface area contributed by atoms with Crippen LogP contribution < -0.4 is 26.6 Å². The Morgan fingerprint density at radius 1 is 0.933 bits per heavy atom. The van der Waals surface area contributed by atoms with Crippen molar-refractivity contribution in [3.63, 3.8) is 0 Å². The van der Waals surface area contributed by atoms with Crippen LogP contribution in [0.2, 0.25) is 0 Å². The number of piperazine rings is 1. The van der Waals surface area contributed by atoms with Crippen LogP contribution in [0.15, 0.2) is 76.4 Å². The maximum Gasteiger partial charge on any atom is 0.416 e. The predicted molar refractivity (Wildman–Crippen MR) is 162 cm³/mol. The molecule has 45 heavy (non-hydrogen) atoms. The minimum Gasteiger partial charge on any atom is -0.481 e. The van der Waals surface area contributed by atoms with Crippen LogP contribution in [0.3, 0.4) is 0 Å². The number of halogens is 4. The average Bonchev–Trinajstić information content (AvgIpc) is 3.03. The molecule has 1 atom stereocenters. The zero-order chi connectivity index (χ0) is 32.3. The summed E-state index contributed by atoms with van der Waals surface area (Å²) >= 11 is 0. The summed E-state index contributed by atoms with van der Waals surface area (Å²) in [7, 11) is 1.54. The van der Waals surface area contributed by atoms with Gasteiger partial charge in [-0.15, -0.1) is 0 Å². The second kappa shape index (κ2) is 13.2. The van der Waals surface area contributed by atoms with Gasteiger partial charge in [0.15, 0.2) is 0 Å². The molecule has 1 saturated heterocycles. The van der Waals surface area contributed by atoms with E-state index in [1.165, 1.54) is 6.92 Å². The van der Waals surface area contributed by atoms with Crippen molar-refractivity contribution >= 4 is 5.69 Å². The molecule has 1 aliphatic rings. The first-order valence-electron chi connectivity index (χ1n) is 14.4. The number of nitrogens with zero attached hydrogens (tertiary/aromatic N) is 5. The first-order valence-corrected chi connectivity index (χ1v) is 14.4. The van der Waals surface area contributed by atoms with Crippen molar-refractivity contribution in [2.75, 3.05) is 38.2 Å². The Hall–Kier alpha value is -4.49. The first kappa shape index (κ1) is 31.9. The molecule has 13 heteroatoms. The van der Waals surface area contributed by atoms with Gasteiger partial charge in [0.05, 0.1) is 25.8 Å². The molecule has 2 N–H and O–H groups in total. The summed E-state index contributed by atoms with van der Waals surface area (Å²) in [6.45, 7) is 3.15. The lowest BCUT2D eigenvalue weighted by Gasteiger charge is -2.37. The lowest BCUT2D eigenvalue weighted by molar-refractivity contribution is -0.138. The van der Waals surface area contributed by atoms with E-state index in [9.17, 15) is 27.2 Å². The minimum absolute atomic E-state index is 0.152. The van der Waals surface area contributed by atoms with Gasteiger partial charge in [0, 0.05) is 62.3 Å². The summed E-state index contributed by atoms with van der Waals surface area (Å²) in [5.74, 6) is -0.590. The fourth-order valence-corrected chi connectivity index (χ4v) is 5.66. The Kier molecular flexibility index (Phi) is 9.40. The number of hydrogen-bond acceptors (Lipinski definition) is 7. The van der Waals surface area contributed by atoms with Crippen LogP contribution in [0.25, 0.3) is 0 Å². The predicted octanol–water partition coefficient (Wildman–Crippen LogP) is 3.95. The second-order valence-electron chi connectivity index (χ2n) is 11.0. The highest BCUT2D eigenvalue weighted by Gasteiger charge is 2.35. The number of nitrogens with two attached hydrogens (primary N) is 1. The molecule has 1 fully saturated rings. The number of pyridine rings is 1. The third kappa shape index (κ3) is 6.94. The fraction of sp³-hybridized carbons (Fsp3) is 0.344. The maximum absolute atomic E-state index is 14.9. The Morgan fingerprint density at radius 3 is 2.27 bits per heavy atom. The molecular formula is C32H34F4N6O3. The number of alkyl halides is 3. The van der Waals surface area contributed by atoms with Crippen LogP contribution in [-0.4, -0.2) is 52.3 Å². The number of hydrogen-bond donors (Lipinski definition) is 1. The van der Waals surface area contributed by atoms with Crippen molar-refractivity contribution in [1.29, 1.82) is 0 Å². The number of benzene rings is 2. The Labute approximate surface area is 257 Å². The third-order valence-corrected chi connectivity index (χ3v) is 8.11. The van der Waals surface area contributed by atoms with Crippen LogP contribution in [0.4, 0.5) is 23.2 Å². The molecule has 0 saturated carbocycles. The van der Waals surface area contributed by atoms with Gasteiger partial charge >= 0.3 is 11.9 Å². The molecule has 238 valence electrons. The van der Waals surface area contributed by atoms with E-state index in [0.29, 0.717) is 44.2 Å². The smallest absolute Gasteiger partial charge is 0.416 e. The van der Waals surface area contributed by atoms with E-state index < -0.39 is 47.0 Å². The summed E-state index contributed by atoms with van der Waals surface area (Å²) < 4.78 is 63.7. The number of ether oxygens (including phenoxy) is 1.